The van der Waals surface area contributed by atoms with Gasteiger partial charge in [0.1, 0.15) is 6.73 Å². The third-order valence-electron chi connectivity index (χ3n) is 5.24. The zero-order valence-corrected chi connectivity index (χ0v) is 20.9. The molecule has 1 aliphatic carbocycles. The molecular formula is C22H39ClN8O3. The van der Waals surface area contributed by atoms with Crippen molar-refractivity contribution < 1.29 is 14.6 Å². The molecule has 1 fully saturated rings. The summed E-state index contributed by atoms with van der Waals surface area (Å²) in [6.07, 6.45) is 11.9. The van der Waals surface area contributed by atoms with E-state index in [9.17, 15) is 4.79 Å². The first-order chi connectivity index (χ1) is 16.3. The molecule has 0 spiro atoms. The molecule has 0 saturated heterocycles. The van der Waals surface area contributed by atoms with Crippen LogP contribution in [0.5, 0.6) is 0 Å². The summed E-state index contributed by atoms with van der Waals surface area (Å²) in [5.74, 6) is 0.000109. The number of unbranched alkanes of at least 4 members (excludes halogenated alkanes) is 1. The number of halogens is 1. The van der Waals surface area contributed by atoms with E-state index in [1.165, 1.54) is 19.3 Å². The van der Waals surface area contributed by atoms with E-state index in [0.717, 1.165) is 38.2 Å². The zero-order chi connectivity index (χ0) is 25.3. The molecule has 192 valence electrons. The maximum atomic E-state index is 12.1. The number of hydrogen-bond acceptors (Lipinski definition) is 9. The Labute approximate surface area is 206 Å². The molecule has 1 aromatic rings. The van der Waals surface area contributed by atoms with Crippen LogP contribution in [0.4, 0.5) is 11.6 Å². The summed E-state index contributed by atoms with van der Waals surface area (Å²) in [7, 11) is 0. The van der Waals surface area contributed by atoms with Gasteiger partial charge in [-0.15, -0.1) is 0 Å². The van der Waals surface area contributed by atoms with Crippen LogP contribution >= 0.6 is 11.6 Å². The van der Waals surface area contributed by atoms with Gasteiger partial charge in [0.25, 0.3) is 5.91 Å². The molecule has 11 nitrogen and oxygen atoms in total. The van der Waals surface area contributed by atoms with Gasteiger partial charge in [0.15, 0.2) is 28.4 Å². The Morgan fingerprint density at radius 2 is 1.94 bits per heavy atom. The van der Waals surface area contributed by atoms with E-state index in [0.29, 0.717) is 12.6 Å². The SMILES string of the molecule is CC=CNCO.CCOC1CCC(CCCCN=C(N)NC(=O)c2nc(Cl)c(N)nc2N)CC1. The minimum absolute atomic E-state index is 0.0105. The lowest BCUT2D eigenvalue weighted by Crippen LogP contribution is -2.38. The number of nitrogens with zero attached hydrogens (tertiary/aromatic N) is 3. The van der Waals surface area contributed by atoms with Crippen LogP contribution in [0.2, 0.25) is 5.15 Å². The maximum absolute atomic E-state index is 12.1. The topological polar surface area (TPSA) is 187 Å². The van der Waals surface area contributed by atoms with E-state index in [4.69, 9.17) is 38.6 Å². The number of aliphatic hydroxyl groups is 1. The van der Waals surface area contributed by atoms with E-state index < -0.39 is 5.91 Å². The molecule has 1 saturated carbocycles. The molecule has 12 heteroatoms. The summed E-state index contributed by atoms with van der Waals surface area (Å²) >= 11 is 5.77. The fraction of sp³-hybridized carbons (Fsp3) is 0.636. The smallest absolute Gasteiger partial charge is 0.280 e. The van der Waals surface area contributed by atoms with Gasteiger partial charge in [-0.05, 0) is 58.1 Å². The van der Waals surface area contributed by atoms with Crippen molar-refractivity contribution in [3.63, 3.8) is 0 Å². The molecule has 1 aliphatic rings. The van der Waals surface area contributed by atoms with Gasteiger partial charge in [0, 0.05) is 13.2 Å². The number of rotatable bonds is 10. The van der Waals surface area contributed by atoms with Crippen LogP contribution < -0.4 is 27.8 Å². The van der Waals surface area contributed by atoms with Crippen LogP contribution in [0.3, 0.4) is 0 Å². The molecule has 2 rings (SSSR count). The van der Waals surface area contributed by atoms with Crippen LogP contribution in [-0.4, -0.2) is 52.9 Å². The summed E-state index contributed by atoms with van der Waals surface area (Å²) in [5.41, 5.74) is 16.7. The van der Waals surface area contributed by atoms with E-state index in [1.54, 1.807) is 6.20 Å². The first kappa shape index (κ1) is 29.4. The van der Waals surface area contributed by atoms with Crippen LogP contribution in [0.15, 0.2) is 17.3 Å². The highest BCUT2D eigenvalue weighted by Crippen LogP contribution is 2.29. The van der Waals surface area contributed by atoms with Crippen molar-refractivity contribution in [1.29, 1.82) is 0 Å². The summed E-state index contributed by atoms with van der Waals surface area (Å²) in [5, 5.41) is 12.9. The van der Waals surface area contributed by atoms with Crippen molar-refractivity contribution in [3.8, 4) is 0 Å². The van der Waals surface area contributed by atoms with Crippen molar-refractivity contribution >= 4 is 35.1 Å². The average Bonchev–Trinajstić information content (AvgIpc) is 2.81. The number of guanidine groups is 1. The van der Waals surface area contributed by atoms with E-state index in [1.807, 2.05) is 19.9 Å². The van der Waals surface area contributed by atoms with Gasteiger partial charge in [0.2, 0.25) is 0 Å². The Morgan fingerprint density at radius 1 is 1.24 bits per heavy atom. The van der Waals surface area contributed by atoms with E-state index in [-0.39, 0.29) is 35.2 Å². The van der Waals surface area contributed by atoms with E-state index >= 15 is 0 Å². The zero-order valence-electron chi connectivity index (χ0n) is 20.1. The van der Waals surface area contributed by atoms with Crippen molar-refractivity contribution in [1.82, 2.24) is 20.6 Å². The number of hydrogen-bond donors (Lipinski definition) is 6. The first-order valence-corrected chi connectivity index (χ1v) is 12.0. The van der Waals surface area contributed by atoms with Crippen molar-refractivity contribution in [2.45, 2.75) is 64.9 Å². The number of nitrogen functional groups attached to an aromatic ring is 2. The predicted octanol–water partition coefficient (Wildman–Crippen LogP) is 2.16. The summed E-state index contributed by atoms with van der Waals surface area (Å²) in [4.78, 5) is 23.9. The molecule has 34 heavy (non-hydrogen) atoms. The minimum atomic E-state index is -0.626. The summed E-state index contributed by atoms with van der Waals surface area (Å²) in [6.45, 7) is 5.29. The summed E-state index contributed by atoms with van der Waals surface area (Å²) in [6, 6.07) is 0. The Morgan fingerprint density at radius 3 is 2.53 bits per heavy atom. The highest BCUT2D eigenvalue weighted by molar-refractivity contribution is 6.31. The second-order valence-electron chi connectivity index (χ2n) is 7.81. The van der Waals surface area contributed by atoms with Gasteiger partial charge in [-0.2, -0.15) is 0 Å². The number of ether oxygens (including phenoxy) is 1. The van der Waals surface area contributed by atoms with Gasteiger partial charge in [-0.1, -0.05) is 30.5 Å². The fourth-order valence-corrected chi connectivity index (χ4v) is 3.69. The van der Waals surface area contributed by atoms with Crippen molar-refractivity contribution in [3.05, 3.63) is 23.1 Å². The second kappa shape index (κ2) is 16.9. The lowest BCUT2D eigenvalue weighted by molar-refractivity contribution is 0.0246. The fourth-order valence-electron chi connectivity index (χ4n) is 3.56. The number of nitrogens with one attached hydrogen (secondary N) is 2. The largest absolute Gasteiger partial charge is 0.382 e. The Bertz CT molecular complexity index is 799. The lowest BCUT2D eigenvalue weighted by atomic mass is 9.84. The molecule has 0 radical (unpaired) electrons. The average molecular weight is 499 g/mol. The monoisotopic (exact) mass is 498 g/mol. The van der Waals surface area contributed by atoms with Crippen molar-refractivity contribution in [2.24, 2.45) is 16.6 Å². The number of allylic oxidation sites excluding steroid dienone is 1. The highest BCUT2D eigenvalue weighted by Gasteiger charge is 2.20. The number of aromatic nitrogens is 2. The molecule has 0 aliphatic heterocycles. The van der Waals surface area contributed by atoms with Crippen LogP contribution in [0, 0.1) is 5.92 Å². The quantitative estimate of drug-likeness (QED) is 0.121. The van der Waals surface area contributed by atoms with Gasteiger partial charge < -0.3 is 32.4 Å². The molecule has 1 heterocycles. The highest BCUT2D eigenvalue weighted by atomic mass is 35.5. The van der Waals surface area contributed by atoms with Crippen LogP contribution in [-0.2, 0) is 4.74 Å². The second-order valence-corrected chi connectivity index (χ2v) is 8.17. The molecule has 9 N–H and O–H groups in total. The molecule has 1 aromatic heterocycles. The normalized spacial score (nSPS) is 18.3. The van der Waals surface area contributed by atoms with Crippen LogP contribution in [0.25, 0.3) is 0 Å². The minimum Gasteiger partial charge on any atom is -0.382 e. The van der Waals surface area contributed by atoms with Gasteiger partial charge in [0.05, 0.1) is 6.10 Å². The van der Waals surface area contributed by atoms with Gasteiger partial charge in [-0.25, -0.2) is 9.97 Å². The maximum Gasteiger partial charge on any atom is 0.280 e. The number of carbonyl (C=O) groups excluding carboxylic acids is 1. The van der Waals surface area contributed by atoms with Crippen molar-refractivity contribution in [2.75, 3.05) is 31.3 Å². The standard InChI is InChI=1S/C18H30ClN7O2.C4H9NO/c1-2-28-12-8-6-11(7-9-12)5-3-4-10-23-18(22)26-17(27)13-15(20)25-16(21)14(19)24-13;1-2-3-5-4-6/h11-12H,2-10H2,1H3,(H4,20,21,25)(H3,22,23,26,27);2-3,5-6H,4H2,1H3. The molecular weight excluding hydrogens is 460 g/mol. The number of aliphatic imine (C=N–C) groups is 1. The van der Waals surface area contributed by atoms with E-state index in [2.05, 4.69) is 25.6 Å². The van der Waals surface area contributed by atoms with Gasteiger partial charge in [-0.3, -0.25) is 15.1 Å². The Balaban J connectivity index is 0.000000852. The lowest BCUT2D eigenvalue weighted by Gasteiger charge is -2.28. The predicted molar refractivity (Wildman–Crippen MR) is 136 cm³/mol. The third kappa shape index (κ3) is 11.5. The third-order valence-corrected chi connectivity index (χ3v) is 5.51. The Hall–Kier alpha value is -2.63. The van der Waals surface area contributed by atoms with Crippen LogP contribution in [0.1, 0.15) is 69.3 Å². The first-order valence-electron chi connectivity index (χ1n) is 11.6. The number of carbonyl (C=O) groups is 1. The molecule has 1 amide bonds. The summed E-state index contributed by atoms with van der Waals surface area (Å²) < 4.78 is 5.69. The number of amides is 1. The van der Waals surface area contributed by atoms with Gasteiger partial charge >= 0.3 is 0 Å². The number of aliphatic hydroxyl groups excluding tert-OH is 1. The molecule has 0 aromatic carbocycles. The molecule has 0 atom stereocenters. The molecule has 0 bridgehead atoms. The number of anilines is 2. The molecule has 0 unspecified atom stereocenters. The number of nitrogens with two attached hydrogens (primary N) is 3. The Kier molecular flexibility index (Phi) is 14.6.